The van der Waals surface area contributed by atoms with E-state index in [4.69, 9.17) is 5.10 Å². The van der Waals surface area contributed by atoms with Crippen LogP contribution in [0.25, 0.3) is 16.9 Å². The van der Waals surface area contributed by atoms with E-state index < -0.39 is 10.0 Å². The van der Waals surface area contributed by atoms with Crippen LogP contribution in [0.5, 0.6) is 0 Å². The number of para-hydroxylation sites is 2. The maximum Gasteiger partial charge on any atom is 0.253 e. The van der Waals surface area contributed by atoms with Gasteiger partial charge in [0.1, 0.15) is 0 Å². The van der Waals surface area contributed by atoms with Gasteiger partial charge in [-0.25, -0.2) is 13.1 Å². The summed E-state index contributed by atoms with van der Waals surface area (Å²) in [7, 11) is -3.51. The molecule has 0 aliphatic rings. The Labute approximate surface area is 186 Å². The Morgan fingerprint density at radius 1 is 0.906 bits per heavy atom. The van der Waals surface area contributed by atoms with Crippen molar-refractivity contribution < 1.29 is 13.2 Å². The molecule has 0 fully saturated rings. The lowest BCUT2D eigenvalue weighted by Crippen LogP contribution is -2.24. The van der Waals surface area contributed by atoms with Crippen molar-refractivity contribution in [1.82, 2.24) is 15.1 Å². The van der Waals surface area contributed by atoms with Gasteiger partial charge in [-0.1, -0.05) is 60.7 Å². The van der Waals surface area contributed by atoms with E-state index in [2.05, 4.69) is 10.0 Å². The van der Waals surface area contributed by atoms with Gasteiger partial charge < -0.3 is 5.32 Å². The second kappa shape index (κ2) is 9.07. The Hall–Kier alpha value is -3.91. The first kappa shape index (κ1) is 21.3. The molecule has 2 N–H and O–H groups in total. The van der Waals surface area contributed by atoms with E-state index in [0.29, 0.717) is 0 Å². The number of hydrogen-bond donors (Lipinski definition) is 2. The van der Waals surface area contributed by atoms with Gasteiger partial charge in [0, 0.05) is 23.9 Å². The number of hydrogen-bond acceptors (Lipinski definition) is 4. The van der Waals surface area contributed by atoms with Crippen molar-refractivity contribution in [2.24, 2.45) is 0 Å². The number of benzene rings is 3. The van der Waals surface area contributed by atoms with Crippen molar-refractivity contribution in [3.8, 4) is 16.9 Å². The maximum atomic E-state index is 12.9. The van der Waals surface area contributed by atoms with Gasteiger partial charge in [-0.05, 0) is 24.3 Å². The van der Waals surface area contributed by atoms with Crippen LogP contribution in [0.3, 0.4) is 0 Å². The van der Waals surface area contributed by atoms with Crippen molar-refractivity contribution >= 4 is 21.6 Å². The number of rotatable bonds is 7. The summed E-state index contributed by atoms with van der Waals surface area (Å²) < 4.78 is 27.4. The summed E-state index contributed by atoms with van der Waals surface area (Å²) in [5.74, 6) is -0.386. The molecule has 0 radical (unpaired) electrons. The lowest BCUT2D eigenvalue weighted by atomic mass is 10.1. The molecule has 7 nitrogen and oxygen atoms in total. The highest BCUT2D eigenvalue weighted by Crippen LogP contribution is 2.24. The highest BCUT2D eigenvalue weighted by atomic mass is 32.2. The molecule has 0 atom stereocenters. The number of anilines is 1. The van der Waals surface area contributed by atoms with Gasteiger partial charge in [0.2, 0.25) is 10.0 Å². The summed E-state index contributed by atoms with van der Waals surface area (Å²) in [6.45, 7) is 0.225. The second-order valence-corrected chi connectivity index (χ2v) is 9.00. The summed E-state index contributed by atoms with van der Waals surface area (Å²) in [4.78, 5) is 12.9. The van der Waals surface area contributed by atoms with Crippen LogP contribution in [0.1, 0.15) is 15.9 Å². The first-order chi connectivity index (χ1) is 15.4. The summed E-state index contributed by atoms with van der Waals surface area (Å²) in [5.41, 5.74) is 3.92. The molecule has 4 rings (SSSR count). The number of sulfonamides is 1. The smallest absolute Gasteiger partial charge is 0.253 e. The maximum absolute atomic E-state index is 12.9. The molecule has 1 aromatic heterocycles. The van der Waals surface area contributed by atoms with Gasteiger partial charge in [-0.3, -0.25) is 9.52 Å². The van der Waals surface area contributed by atoms with E-state index in [1.807, 2.05) is 66.9 Å². The van der Waals surface area contributed by atoms with Gasteiger partial charge >= 0.3 is 0 Å². The number of amides is 1. The molecule has 32 heavy (non-hydrogen) atoms. The zero-order chi connectivity index (χ0) is 22.6. The molecule has 1 heterocycles. The van der Waals surface area contributed by atoms with Crippen molar-refractivity contribution in [2.75, 3.05) is 11.0 Å². The molecule has 0 spiro atoms. The topological polar surface area (TPSA) is 93.1 Å². The SMILES string of the molecule is CS(=O)(=O)Nc1ccccc1C(=O)NCc1cn(-c2ccccc2)nc1-c1ccccc1. The predicted molar refractivity (Wildman–Crippen MR) is 125 cm³/mol. The number of aromatic nitrogens is 2. The normalized spacial score (nSPS) is 11.2. The van der Waals surface area contributed by atoms with Crippen LogP contribution >= 0.6 is 0 Å². The minimum atomic E-state index is -3.51. The highest BCUT2D eigenvalue weighted by Gasteiger charge is 2.16. The number of carbonyl (C=O) groups is 1. The zero-order valence-electron chi connectivity index (χ0n) is 17.4. The fourth-order valence-corrected chi connectivity index (χ4v) is 3.91. The minimum absolute atomic E-state index is 0.225. The van der Waals surface area contributed by atoms with Crippen LogP contribution in [0.15, 0.2) is 91.1 Å². The van der Waals surface area contributed by atoms with Crippen molar-refractivity contribution in [3.63, 3.8) is 0 Å². The third kappa shape index (κ3) is 5.04. The van der Waals surface area contributed by atoms with Gasteiger partial charge in [-0.2, -0.15) is 5.10 Å². The van der Waals surface area contributed by atoms with Crippen molar-refractivity contribution in [3.05, 3.63) is 102 Å². The van der Waals surface area contributed by atoms with Gasteiger partial charge in [0.05, 0.1) is 28.9 Å². The van der Waals surface area contributed by atoms with E-state index in [1.165, 1.54) is 0 Å². The quantitative estimate of drug-likeness (QED) is 0.451. The van der Waals surface area contributed by atoms with Gasteiger partial charge in [0.25, 0.3) is 5.91 Å². The minimum Gasteiger partial charge on any atom is -0.348 e. The third-order valence-electron chi connectivity index (χ3n) is 4.76. The Bertz CT molecular complexity index is 1330. The average Bonchev–Trinajstić information content (AvgIpc) is 3.22. The first-order valence-electron chi connectivity index (χ1n) is 9.95. The monoisotopic (exact) mass is 446 g/mol. The van der Waals surface area contributed by atoms with E-state index in [0.717, 1.165) is 28.8 Å². The predicted octanol–water partition coefficient (Wildman–Crippen LogP) is 3.84. The van der Waals surface area contributed by atoms with E-state index in [1.54, 1.807) is 28.9 Å². The molecule has 0 aliphatic heterocycles. The molecule has 0 saturated carbocycles. The van der Waals surface area contributed by atoms with Gasteiger partial charge in [-0.15, -0.1) is 0 Å². The van der Waals surface area contributed by atoms with Crippen LogP contribution < -0.4 is 10.0 Å². The standard InChI is InChI=1S/C24H22N4O3S/c1-32(30,31)27-22-15-9-8-14-21(22)24(29)25-16-19-17-28(20-12-6-3-7-13-20)26-23(19)18-10-4-2-5-11-18/h2-15,17,27H,16H2,1H3,(H,25,29). The Morgan fingerprint density at radius 2 is 1.53 bits per heavy atom. The van der Waals surface area contributed by atoms with Crippen LogP contribution in [0.4, 0.5) is 5.69 Å². The lowest BCUT2D eigenvalue weighted by molar-refractivity contribution is 0.0952. The first-order valence-corrected chi connectivity index (χ1v) is 11.8. The summed E-state index contributed by atoms with van der Waals surface area (Å²) in [6, 6.07) is 26.0. The van der Waals surface area contributed by atoms with E-state index in [9.17, 15) is 13.2 Å². The molecule has 3 aromatic carbocycles. The lowest BCUT2D eigenvalue weighted by Gasteiger charge is -2.11. The van der Waals surface area contributed by atoms with Crippen LogP contribution in [0, 0.1) is 0 Å². The summed E-state index contributed by atoms with van der Waals surface area (Å²) in [6.07, 6.45) is 2.93. The second-order valence-electron chi connectivity index (χ2n) is 7.25. The molecule has 1 amide bonds. The third-order valence-corrected chi connectivity index (χ3v) is 5.36. The number of nitrogens with zero attached hydrogens (tertiary/aromatic N) is 2. The van der Waals surface area contributed by atoms with Crippen LogP contribution in [-0.2, 0) is 16.6 Å². The van der Waals surface area contributed by atoms with Crippen LogP contribution in [0.2, 0.25) is 0 Å². The molecule has 0 bridgehead atoms. The molecule has 0 saturated heterocycles. The van der Waals surface area contributed by atoms with E-state index >= 15 is 0 Å². The fourth-order valence-electron chi connectivity index (χ4n) is 3.33. The Balaban J connectivity index is 1.62. The molecule has 0 unspecified atom stereocenters. The molecular formula is C24H22N4O3S. The van der Waals surface area contributed by atoms with Gasteiger partial charge in [0.15, 0.2) is 0 Å². The molecule has 8 heteroatoms. The molecular weight excluding hydrogens is 424 g/mol. The summed E-state index contributed by atoms with van der Waals surface area (Å²) in [5, 5.41) is 7.63. The van der Waals surface area contributed by atoms with Crippen molar-refractivity contribution in [1.29, 1.82) is 0 Å². The van der Waals surface area contributed by atoms with Crippen molar-refractivity contribution in [2.45, 2.75) is 6.54 Å². The molecule has 162 valence electrons. The number of carbonyl (C=O) groups excluding carboxylic acids is 1. The fraction of sp³-hybridized carbons (Fsp3) is 0.0833. The number of nitrogens with one attached hydrogen (secondary N) is 2. The summed E-state index contributed by atoms with van der Waals surface area (Å²) >= 11 is 0. The Morgan fingerprint density at radius 3 is 2.22 bits per heavy atom. The van der Waals surface area contributed by atoms with Crippen LogP contribution in [-0.4, -0.2) is 30.4 Å². The molecule has 4 aromatic rings. The molecule has 0 aliphatic carbocycles. The zero-order valence-corrected chi connectivity index (χ0v) is 18.2. The highest BCUT2D eigenvalue weighted by molar-refractivity contribution is 7.92. The Kier molecular flexibility index (Phi) is 6.04. The average molecular weight is 447 g/mol. The largest absolute Gasteiger partial charge is 0.348 e. The van der Waals surface area contributed by atoms with E-state index in [-0.39, 0.29) is 23.7 Å².